The van der Waals surface area contributed by atoms with Gasteiger partial charge in [0.15, 0.2) is 5.82 Å². The van der Waals surface area contributed by atoms with Gasteiger partial charge in [-0.05, 0) is 38.0 Å². The Morgan fingerprint density at radius 2 is 2.24 bits per heavy atom. The minimum Gasteiger partial charge on any atom is -0.408 e. The molecule has 2 heterocycles. The highest BCUT2D eigenvalue weighted by Crippen LogP contribution is 2.17. The van der Waals surface area contributed by atoms with E-state index in [9.17, 15) is 9.59 Å². The maximum Gasteiger partial charge on any atom is 0.337 e. The van der Waals surface area contributed by atoms with Crippen LogP contribution in [0.25, 0.3) is 0 Å². The molecule has 1 aliphatic rings. The first-order valence-corrected chi connectivity index (χ1v) is 6.47. The molecule has 7 heteroatoms. The zero-order valence-electron chi connectivity index (χ0n) is 12.1. The van der Waals surface area contributed by atoms with Crippen molar-refractivity contribution in [3.05, 3.63) is 23.4 Å². The summed E-state index contributed by atoms with van der Waals surface area (Å²) in [7, 11) is 0. The fourth-order valence-corrected chi connectivity index (χ4v) is 1.71. The third-order valence-corrected chi connectivity index (χ3v) is 3.13. The highest BCUT2D eigenvalue weighted by atomic mass is 16.6. The molecule has 0 bridgehead atoms. The Kier molecular flexibility index (Phi) is 4.42. The fraction of sp³-hybridized carbons (Fsp3) is 0.357. The Balaban J connectivity index is 2.07. The molecular formula is C14H16N4O3. The number of carbonyl (C=O) groups excluding carboxylic acids is 2. The van der Waals surface area contributed by atoms with E-state index in [2.05, 4.69) is 15.0 Å². The van der Waals surface area contributed by atoms with E-state index < -0.39 is 12.0 Å². The van der Waals surface area contributed by atoms with Crippen LogP contribution in [-0.2, 0) is 14.3 Å². The van der Waals surface area contributed by atoms with Crippen LogP contribution in [0.15, 0.2) is 22.2 Å². The third-order valence-electron chi connectivity index (χ3n) is 3.13. The van der Waals surface area contributed by atoms with Crippen LogP contribution in [0.2, 0.25) is 0 Å². The second-order valence-electron chi connectivity index (χ2n) is 4.72. The van der Waals surface area contributed by atoms with Crippen molar-refractivity contribution >= 4 is 30.4 Å². The Hall–Kier alpha value is -2.57. The van der Waals surface area contributed by atoms with Gasteiger partial charge in [0.1, 0.15) is 12.6 Å². The van der Waals surface area contributed by atoms with Gasteiger partial charge in [0.25, 0.3) is 0 Å². The molecular weight excluding hydrogens is 272 g/mol. The lowest BCUT2D eigenvalue weighted by Crippen LogP contribution is -2.28. The summed E-state index contributed by atoms with van der Waals surface area (Å²) in [5.74, 6) is 0.338. The van der Waals surface area contributed by atoms with Crippen molar-refractivity contribution in [3.63, 3.8) is 0 Å². The molecule has 0 aliphatic carbocycles. The number of aromatic nitrogens is 1. The summed E-state index contributed by atoms with van der Waals surface area (Å²) in [4.78, 5) is 35.9. The number of cyclic esters (lactones) is 1. The topological polar surface area (TPSA) is 84.2 Å². The molecule has 0 aromatic carbocycles. The Bertz CT molecular complexity index is 625. The summed E-state index contributed by atoms with van der Waals surface area (Å²) in [5.41, 5.74) is 2.01. The van der Waals surface area contributed by atoms with Crippen molar-refractivity contribution in [3.8, 4) is 0 Å². The number of amides is 1. The second-order valence-corrected chi connectivity index (χ2v) is 4.72. The maximum absolute atomic E-state index is 11.2. The van der Waals surface area contributed by atoms with Crippen LogP contribution in [-0.4, -0.2) is 47.1 Å². The molecule has 2 rings (SSSR count). The van der Waals surface area contributed by atoms with Crippen molar-refractivity contribution in [2.75, 3.05) is 6.54 Å². The van der Waals surface area contributed by atoms with E-state index in [0.29, 0.717) is 12.2 Å². The maximum atomic E-state index is 11.2. The smallest absolute Gasteiger partial charge is 0.337 e. The van der Waals surface area contributed by atoms with Crippen LogP contribution in [0.5, 0.6) is 0 Å². The number of aliphatic imine (C=N–C) groups is 2. The minimum absolute atomic E-state index is 0.0634. The number of aryl methyl sites for hydroxylation is 1. The van der Waals surface area contributed by atoms with Crippen molar-refractivity contribution in [1.29, 1.82) is 0 Å². The number of ether oxygens (including phenoxy) is 1. The molecule has 1 amide bonds. The first kappa shape index (κ1) is 14.8. The summed E-state index contributed by atoms with van der Waals surface area (Å²) in [6.45, 7) is 5.56. The first-order chi connectivity index (χ1) is 10.0. The van der Waals surface area contributed by atoms with Crippen molar-refractivity contribution in [1.82, 2.24) is 9.88 Å². The van der Waals surface area contributed by atoms with E-state index in [1.54, 1.807) is 13.1 Å². The summed E-state index contributed by atoms with van der Waals surface area (Å²) >= 11 is 0. The molecule has 1 atom stereocenters. The Labute approximate surface area is 122 Å². The van der Waals surface area contributed by atoms with Gasteiger partial charge in [-0.2, -0.15) is 0 Å². The second kappa shape index (κ2) is 6.25. The van der Waals surface area contributed by atoms with Crippen LogP contribution < -0.4 is 0 Å². The molecule has 0 saturated heterocycles. The first-order valence-electron chi connectivity index (χ1n) is 6.47. The number of esters is 1. The van der Waals surface area contributed by atoms with E-state index >= 15 is 0 Å². The van der Waals surface area contributed by atoms with Gasteiger partial charge in [-0.25, -0.2) is 19.8 Å². The predicted octanol–water partition coefficient (Wildman–Crippen LogP) is 1.16. The van der Waals surface area contributed by atoms with E-state index in [4.69, 9.17) is 4.74 Å². The van der Waals surface area contributed by atoms with Crippen molar-refractivity contribution in [2.24, 2.45) is 9.98 Å². The molecule has 0 fully saturated rings. The summed E-state index contributed by atoms with van der Waals surface area (Å²) < 4.78 is 4.93. The summed E-state index contributed by atoms with van der Waals surface area (Å²) in [6.07, 6.45) is 3.60. The third kappa shape index (κ3) is 3.50. The van der Waals surface area contributed by atoms with Crippen LogP contribution in [0.4, 0.5) is 5.82 Å². The molecule has 0 N–H and O–H groups in total. The molecule has 1 aromatic rings. The molecule has 1 aliphatic heterocycles. The molecule has 21 heavy (non-hydrogen) atoms. The molecule has 0 radical (unpaired) electrons. The van der Waals surface area contributed by atoms with Gasteiger partial charge in [-0.15, -0.1) is 0 Å². The molecule has 1 aromatic heterocycles. The van der Waals surface area contributed by atoms with Crippen LogP contribution in [0.1, 0.15) is 18.1 Å². The standard InChI is InChI=1S/C14H16N4O3/c1-9-4-5-15-13(10(9)2)16-7-18(8-19)6-12-17-11(3)14(20)21-12/h4-5,7-8,11H,6H2,1-3H3. The summed E-state index contributed by atoms with van der Waals surface area (Å²) in [5, 5.41) is 0. The number of rotatable bonds is 5. The predicted molar refractivity (Wildman–Crippen MR) is 77.6 cm³/mol. The van der Waals surface area contributed by atoms with E-state index in [0.717, 1.165) is 11.1 Å². The highest BCUT2D eigenvalue weighted by molar-refractivity contribution is 5.99. The number of hydrogen-bond donors (Lipinski definition) is 0. The number of hydrogen-bond acceptors (Lipinski definition) is 6. The van der Waals surface area contributed by atoms with E-state index in [1.807, 2.05) is 19.9 Å². The van der Waals surface area contributed by atoms with Crippen LogP contribution >= 0.6 is 0 Å². The van der Waals surface area contributed by atoms with Gasteiger partial charge < -0.3 is 4.74 Å². The SMILES string of the molecule is Cc1ccnc(N=CN(C=O)CC2=NC(C)C(=O)O2)c1C. The zero-order valence-corrected chi connectivity index (χ0v) is 12.1. The van der Waals surface area contributed by atoms with Gasteiger partial charge in [-0.3, -0.25) is 9.69 Å². The van der Waals surface area contributed by atoms with E-state index in [1.165, 1.54) is 11.2 Å². The lowest BCUT2D eigenvalue weighted by molar-refractivity contribution is -0.134. The van der Waals surface area contributed by atoms with Gasteiger partial charge in [0.05, 0.1) is 6.34 Å². The monoisotopic (exact) mass is 288 g/mol. The number of nitrogens with zero attached hydrogens (tertiary/aromatic N) is 4. The number of carbonyl (C=O) groups is 2. The van der Waals surface area contributed by atoms with Crippen LogP contribution in [0.3, 0.4) is 0 Å². The van der Waals surface area contributed by atoms with Gasteiger partial charge in [-0.1, -0.05) is 0 Å². The Morgan fingerprint density at radius 3 is 2.86 bits per heavy atom. The zero-order chi connectivity index (χ0) is 15.4. The van der Waals surface area contributed by atoms with Gasteiger partial charge in [0.2, 0.25) is 12.3 Å². The van der Waals surface area contributed by atoms with E-state index in [-0.39, 0.29) is 12.4 Å². The van der Waals surface area contributed by atoms with Crippen molar-refractivity contribution < 1.29 is 14.3 Å². The average molecular weight is 288 g/mol. The quantitative estimate of drug-likeness (QED) is 0.352. The van der Waals surface area contributed by atoms with Gasteiger partial charge >= 0.3 is 5.97 Å². The normalized spacial score (nSPS) is 17.8. The summed E-state index contributed by atoms with van der Waals surface area (Å²) in [6, 6.07) is 1.37. The minimum atomic E-state index is -0.522. The lowest BCUT2D eigenvalue weighted by atomic mass is 10.2. The largest absolute Gasteiger partial charge is 0.408 e. The van der Waals surface area contributed by atoms with Gasteiger partial charge in [0, 0.05) is 6.20 Å². The van der Waals surface area contributed by atoms with Crippen molar-refractivity contribution in [2.45, 2.75) is 26.8 Å². The lowest BCUT2D eigenvalue weighted by Gasteiger charge is -2.10. The average Bonchev–Trinajstić information content (AvgIpc) is 2.77. The molecule has 1 unspecified atom stereocenters. The Morgan fingerprint density at radius 1 is 1.48 bits per heavy atom. The molecule has 110 valence electrons. The number of pyridine rings is 1. The molecule has 0 spiro atoms. The molecule has 0 saturated carbocycles. The highest BCUT2D eigenvalue weighted by Gasteiger charge is 2.25. The van der Waals surface area contributed by atoms with Crippen LogP contribution in [0, 0.1) is 13.8 Å². The molecule has 7 nitrogen and oxygen atoms in total. The fourth-order valence-electron chi connectivity index (χ4n) is 1.71.